The van der Waals surface area contributed by atoms with E-state index in [4.69, 9.17) is 11.6 Å². The van der Waals surface area contributed by atoms with E-state index in [0.717, 1.165) is 56.4 Å². The van der Waals surface area contributed by atoms with Gasteiger partial charge in [-0.15, -0.1) is 0 Å². The van der Waals surface area contributed by atoms with Gasteiger partial charge >= 0.3 is 0 Å². The van der Waals surface area contributed by atoms with Gasteiger partial charge in [0.15, 0.2) is 0 Å². The molecule has 0 aromatic heterocycles. The summed E-state index contributed by atoms with van der Waals surface area (Å²) in [6.45, 7) is 5.50. The fourth-order valence-corrected chi connectivity index (χ4v) is 3.61. The molecule has 2 heterocycles. The van der Waals surface area contributed by atoms with Gasteiger partial charge in [-0.1, -0.05) is 23.7 Å². The standard InChI is InChI=1S/C17H24ClN3O/c18-15-3-1-2-4-16(15)20-9-11-21(12-10-20)17(22)6-5-14-7-8-19-13-14/h1-4,14,19H,5-13H2. The highest BCUT2D eigenvalue weighted by molar-refractivity contribution is 6.33. The van der Waals surface area contributed by atoms with Crippen molar-refractivity contribution >= 4 is 23.2 Å². The smallest absolute Gasteiger partial charge is 0.222 e. The van der Waals surface area contributed by atoms with E-state index >= 15 is 0 Å². The summed E-state index contributed by atoms with van der Waals surface area (Å²) in [5, 5.41) is 4.15. The van der Waals surface area contributed by atoms with Crippen LogP contribution in [0.25, 0.3) is 0 Å². The van der Waals surface area contributed by atoms with E-state index in [-0.39, 0.29) is 0 Å². The lowest BCUT2D eigenvalue weighted by Crippen LogP contribution is -2.48. The fourth-order valence-electron chi connectivity index (χ4n) is 3.35. The van der Waals surface area contributed by atoms with Crippen molar-refractivity contribution in [2.45, 2.75) is 19.3 Å². The van der Waals surface area contributed by atoms with Crippen LogP contribution in [0.5, 0.6) is 0 Å². The van der Waals surface area contributed by atoms with Crippen LogP contribution >= 0.6 is 11.6 Å². The molecular formula is C17H24ClN3O. The lowest BCUT2D eigenvalue weighted by Gasteiger charge is -2.36. The van der Waals surface area contributed by atoms with Gasteiger partial charge in [0.05, 0.1) is 10.7 Å². The molecule has 4 nitrogen and oxygen atoms in total. The third-order valence-corrected chi connectivity index (χ3v) is 5.07. The van der Waals surface area contributed by atoms with Gasteiger partial charge in [0, 0.05) is 32.6 Å². The minimum atomic E-state index is 0.311. The molecule has 0 aliphatic carbocycles. The molecular weight excluding hydrogens is 298 g/mol. The maximum atomic E-state index is 12.3. The summed E-state index contributed by atoms with van der Waals surface area (Å²) >= 11 is 6.25. The number of nitrogens with zero attached hydrogens (tertiary/aromatic N) is 2. The molecule has 3 rings (SSSR count). The highest BCUT2D eigenvalue weighted by atomic mass is 35.5. The molecule has 0 saturated carbocycles. The number of anilines is 1. The van der Waals surface area contributed by atoms with Crippen molar-refractivity contribution in [3.8, 4) is 0 Å². The van der Waals surface area contributed by atoms with Gasteiger partial charge in [0.2, 0.25) is 5.91 Å². The Bertz CT molecular complexity index is 508. The Hall–Kier alpha value is -1.26. The summed E-state index contributed by atoms with van der Waals surface area (Å²) in [6, 6.07) is 7.93. The molecule has 2 fully saturated rings. The van der Waals surface area contributed by atoms with Crippen LogP contribution in [0.1, 0.15) is 19.3 Å². The van der Waals surface area contributed by atoms with Crippen LogP contribution in [0.2, 0.25) is 5.02 Å². The molecule has 1 unspecified atom stereocenters. The third kappa shape index (κ3) is 3.73. The zero-order chi connectivity index (χ0) is 15.4. The SMILES string of the molecule is O=C(CCC1CCNC1)N1CCN(c2ccccc2Cl)CC1. The van der Waals surface area contributed by atoms with Crippen molar-refractivity contribution in [2.24, 2.45) is 5.92 Å². The van der Waals surface area contributed by atoms with Crippen LogP contribution in [0.4, 0.5) is 5.69 Å². The number of para-hydroxylation sites is 1. The summed E-state index contributed by atoms with van der Waals surface area (Å²) in [5.41, 5.74) is 1.08. The van der Waals surface area contributed by atoms with Gasteiger partial charge in [-0.05, 0) is 44.0 Å². The van der Waals surface area contributed by atoms with E-state index in [1.807, 2.05) is 29.2 Å². The zero-order valence-corrected chi connectivity index (χ0v) is 13.7. The molecule has 0 spiro atoms. The second-order valence-corrected chi connectivity index (χ2v) is 6.62. The Morgan fingerprint density at radius 2 is 2.00 bits per heavy atom. The lowest BCUT2D eigenvalue weighted by molar-refractivity contribution is -0.131. The maximum absolute atomic E-state index is 12.3. The molecule has 5 heteroatoms. The largest absolute Gasteiger partial charge is 0.367 e. The molecule has 0 bridgehead atoms. The molecule has 22 heavy (non-hydrogen) atoms. The number of hydrogen-bond donors (Lipinski definition) is 1. The van der Waals surface area contributed by atoms with E-state index in [1.165, 1.54) is 6.42 Å². The van der Waals surface area contributed by atoms with Crippen molar-refractivity contribution in [1.82, 2.24) is 10.2 Å². The first kappa shape index (κ1) is 15.6. The second-order valence-electron chi connectivity index (χ2n) is 6.22. The Morgan fingerprint density at radius 3 is 2.68 bits per heavy atom. The van der Waals surface area contributed by atoms with E-state index in [9.17, 15) is 4.79 Å². The average Bonchev–Trinajstić information content (AvgIpc) is 3.07. The van der Waals surface area contributed by atoms with Crippen LogP contribution in [-0.2, 0) is 4.79 Å². The Labute approximate surface area is 137 Å². The Kier molecular flexibility index (Phi) is 5.21. The maximum Gasteiger partial charge on any atom is 0.222 e. The van der Waals surface area contributed by atoms with Crippen molar-refractivity contribution in [3.63, 3.8) is 0 Å². The van der Waals surface area contributed by atoms with E-state index in [1.54, 1.807) is 0 Å². The summed E-state index contributed by atoms with van der Waals surface area (Å²) < 4.78 is 0. The van der Waals surface area contributed by atoms with Crippen molar-refractivity contribution < 1.29 is 4.79 Å². The highest BCUT2D eigenvalue weighted by Crippen LogP contribution is 2.26. The second kappa shape index (κ2) is 7.34. The van der Waals surface area contributed by atoms with E-state index in [2.05, 4.69) is 10.2 Å². The average molecular weight is 322 g/mol. The van der Waals surface area contributed by atoms with Gasteiger partial charge < -0.3 is 15.1 Å². The quantitative estimate of drug-likeness (QED) is 0.925. The van der Waals surface area contributed by atoms with Crippen molar-refractivity contribution in [3.05, 3.63) is 29.3 Å². The summed E-state index contributed by atoms with van der Waals surface area (Å²) in [4.78, 5) is 16.6. The highest BCUT2D eigenvalue weighted by Gasteiger charge is 2.23. The van der Waals surface area contributed by atoms with Gasteiger partial charge in [-0.3, -0.25) is 4.79 Å². The fraction of sp³-hybridized carbons (Fsp3) is 0.588. The number of nitrogens with one attached hydrogen (secondary N) is 1. The Balaban J connectivity index is 1.46. The topological polar surface area (TPSA) is 35.6 Å². The molecule has 2 saturated heterocycles. The zero-order valence-electron chi connectivity index (χ0n) is 12.9. The van der Waals surface area contributed by atoms with Crippen LogP contribution in [-0.4, -0.2) is 50.1 Å². The third-order valence-electron chi connectivity index (χ3n) is 4.75. The molecule has 120 valence electrons. The van der Waals surface area contributed by atoms with Crippen molar-refractivity contribution in [2.75, 3.05) is 44.2 Å². The predicted octanol–water partition coefficient (Wildman–Crippen LogP) is 2.38. The first-order valence-electron chi connectivity index (χ1n) is 8.22. The summed E-state index contributed by atoms with van der Waals surface area (Å²) in [6.07, 6.45) is 2.93. The van der Waals surface area contributed by atoms with Crippen LogP contribution in [0.15, 0.2) is 24.3 Å². The van der Waals surface area contributed by atoms with E-state index < -0.39 is 0 Å². The normalized spacial score (nSPS) is 22.1. The van der Waals surface area contributed by atoms with Gasteiger partial charge in [-0.25, -0.2) is 0 Å². The summed E-state index contributed by atoms with van der Waals surface area (Å²) in [7, 11) is 0. The number of rotatable bonds is 4. The molecule has 2 aliphatic rings. The first-order chi connectivity index (χ1) is 10.7. The number of carbonyl (C=O) groups is 1. The number of piperazine rings is 1. The van der Waals surface area contributed by atoms with Crippen LogP contribution in [0.3, 0.4) is 0 Å². The first-order valence-corrected chi connectivity index (χ1v) is 8.60. The molecule has 2 aliphatic heterocycles. The van der Waals surface area contributed by atoms with Gasteiger partial charge in [-0.2, -0.15) is 0 Å². The summed E-state index contributed by atoms with van der Waals surface area (Å²) in [5.74, 6) is 0.999. The molecule has 1 N–H and O–H groups in total. The number of hydrogen-bond acceptors (Lipinski definition) is 3. The minimum absolute atomic E-state index is 0.311. The molecule has 0 radical (unpaired) electrons. The van der Waals surface area contributed by atoms with Crippen molar-refractivity contribution in [1.29, 1.82) is 0 Å². The number of halogens is 1. The van der Waals surface area contributed by atoms with Crippen LogP contribution < -0.4 is 10.2 Å². The van der Waals surface area contributed by atoms with Gasteiger partial charge in [0.1, 0.15) is 0 Å². The molecule has 1 aromatic rings. The van der Waals surface area contributed by atoms with E-state index in [0.29, 0.717) is 18.2 Å². The molecule has 1 atom stereocenters. The molecule has 1 amide bonds. The van der Waals surface area contributed by atoms with Crippen LogP contribution in [0, 0.1) is 5.92 Å². The monoisotopic (exact) mass is 321 g/mol. The number of amides is 1. The lowest BCUT2D eigenvalue weighted by atomic mass is 10.0. The molecule has 1 aromatic carbocycles. The minimum Gasteiger partial charge on any atom is -0.367 e. The predicted molar refractivity (Wildman–Crippen MR) is 90.5 cm³/mol. The van der Waals surface area contributed by atoms with Gasteiger partial charge in [0.25, 0.3) is 0 Å². The Morgan fingerprint density at radius 1 is 1.23 bits per heavy atom. The number of carbonyl (C=O) groups excluding carboxylic acids is 1. The number of benzene rings is 1.